The summed E-state index contributed by atoms with van der Waals surface area (Å²) in [6.45, 7) is 7.62. The number of unbranched alkanes of at least 4 members (excludes halogenated alkanes) is 26. The average molecular weight is 865 g/mol. The minimum Gasteiger partial charge on any atom is -0.461 e. The van der Waals surface area contributed by atoms with E-state index in [0.29, 0.717) is 13.0 Å². The lowest BCUT2D eigenvalue weighted by Crippen LogP contribution is -2.30. The summed E-state index contributed by atoms with van der Waals surface area (Å²) in [5, 5.41) is 0. The fraction of sp³-hybridized carbons (Fsp3) is 0.754. The quantitative estimate of drug-likeness (QED) is 0.0346. The van der Waals surface area contributed by atoms with Gasteiger partial charge in [-0.2, -0.15) is 0 Å². The van der Waals surface area contributed by atoms with Gasteiger partial charge in [0.25, 0.3) is 0 Å². The molecule has 358 valence electrons. The second-order valence-electron chi connectivity index (χ2n) is 17.4. The maximum Gasteiger partial charge on any atom is 0.309 e. The van der Waals surface area contributed by atoms with Gasteiger partial charge in [0.1, 0.15) is 6.61 Å². The first-order valence-electron chi connectivity index (χ1n) is 26.5. The van der Waals surface area contributed by atoms with Crippen LogP contribution in [0.3, 0.4) is 0 Å². The highest BCUT2D eigenvalue weighted by Crippen LogP contribution is 2.15. The summed E-state index contributed by atoms with van der Waals surface area (Å²) in [7, 11) is 0. The van der Waals surface area contributed by atoms with Crippen LogP contribution in [0.25, 0.3) is 0 Å². The first kappa shape index (κ1) is 59.3. The van der Waals surface area contributed by atoms with E-state index in [1.807, 2.05) is 12.2 Å². The molecule has 0 fully saturated rings. The summed E-state index contributed by atoms with van der Waals surface area (Å²) in [5.74, 6) is -0.538. The maximum atomic E-state index is 12.8. The maximum absolute atomic E-state index is 12.8. The SMILES string of the molecule is CC/C=C\C/C=C\C/C=C\C/C=C\C/C=C\CC(=O)OCC(COCCCCCCCCCC/C=C\CCCCCCCC)OC(=O)CCCCCCCCCCCCCCC. The van der Waals surface area contributed by atoms with Crippen LogP contribution in [-0.2, 0) is 23.8 Å². The predicted octanol–water partition coefficient (Wildman–Crippen LogP) is 17.9. The smallest absolute Gasteiger partial charge is 0.309 e. The lowest BCUT2D eigenvalue weighted by atomic mass is 10.0. The van der Waals surface area contributed by atoms with Crippen molar-refractivity contribution in [2.45, 2.75) is 258 Å². The zero-order valence-corrected chi connectivity index (χ0v) is 41.1. The van der Waals surface area contributed by atoms with E-state index in [0.717, 1.165) is 57.8 Å². The highest BCUT2D eigenvalue weighted by molar-refractivity contribution is 5.71. The van der Waals surface area contributed by atoms with Crippen molar-refractivity contribution in [2.24, 2.45) is 0 Å². The predicted molar refractivity (Wildman–Crippen MR) is 270 cm³/mol. The molecule has 0 aliphatic heterocycles. The van der Waals surface area contributed by atoms with Crippen molar-refractivity contribution in [3.8, 4) is 0 Å². The van der Waals surface area contributed by atoms with E-state index in [-0.39, 0.29) is 31.6 Å². The molecule has 0 aliphatic carbocycles. The van der Waals surface area contributed by atoms with Crippen LogP contribution in [0.4, 0.5) is 0 Å². The first-order chi connectivity index (χ1) is 30.6. The Balaban J connectivity index is 4.35. The van der Waals surface area contributed by atoms with Crippen LogP contribution >= 0.6 is 0 Å². The van der Waals surface area contributed by atoms with Crippen molar-refractivity contribution >= 4 is 11.9 Å². The Morgan fingerprint density at radius 2 is 0.774 bits per heavy atom. The molecular formula is C57H100O5. The minimum absolute atomic E-state index is 0.0306. The number of rotatable bonds is 48. The van der Waals surface area contributed by atoms with E-state index in [1.54, 1.807) is 0 Å². The van der Waals surface area contributed by atoms with Gasteiger partial charge in [-0.05, 0) is 70.6 Å². The van der Waals surface area contributed by atoms with E-state index in [1.165, 1.54) is 161 Å². The molecule has 0 spiro atoms. The highest BCUT2D eigenvalue weighted by atomic mass is 16.6. The van der Waals surface area contributed by atoms with Gasteiger partial charge in [-0.25, -0.2) is 0 Å². The van der Waals surface area contributed by atoms with Gasteiger partial charge in [0.05, 0.1) is 13.0 Å². The summed E-state index contributed by atoms with van der Waals surface area (Å²) in [4.78, 5) is 25.3. The van der Waals surface area contributed by atoms with Crippen molar-refractivity contribution in [2.75, 3.05) is 19.8 Å². The first-order valence-corrected chi connectivity index (χ1v) is 26.5. The second-order valence-corrected chi connectivity index (χ2v) is 17.4. The molecule has 0 N–H and O–H groups in total. The molecule has 0 bridgehead atoms. The fourth-order valence-corrected chi connectivity index (χ4v) is 7.34. The molecule has 1 atom stereocenters. The zero-order valence-electron chi connectivity index (χ0n) is 41.1. The number of hydrogen-bond donors (Lipinski definition) is 0. The summed E-state index contributed by atoms with van der Waals surface area (Å²) < 4.78 is 17.3. The summed E-state index contributed by atoms with van der Waals surface area (Å²) in [6.07, 6.45) is 67.9. The molecule has 62 heavy (non-hydrogen) atoms. The number of allylic oxidation sites excluding steroid dienone is 11. The molecule has 0 rings (SSSR count). The Hall–Kier alpha value is -2.66. The van der Waals surface area contributed by atoms with Crippen molar-refractivity contribution in [3.05, 3.63) is 72.9 Å². The molecular weight excluding hydrogens is 765 g/mol. The molecule has 0 amide bonds. The Morgan fingerprint density at radius 1 is 0.387 bits per heavy atom. The number of hydrogen-bond acceptors (Lipinski definition) is 5. The van der Waals surface area contributed by atoms with Gasteiger partial charge in [-0.15, -0.1) is 0 Å². The molecule has 0 heterocycles. The standard InChI is InChI=1S/C57H100O5/c1-4-7-10-13-16-19-22-25-27-28-29-31-34-37-40-43-46-49-52-60-53-55(62-57(59)51-48-45-42-39-36-32-24-21-18-15-12-9-6-3)54-61-56(58)50-47-44-41-38-35-33-30-26-23-20-17-14-11-8-5-2/h8,11,17,20,25-27,30,35,38,44,47,55H,4-7,9-10,12-16,18-19,21-24,28-29,31-34,36-37,39-43,45-46,48-54H2,1-3H3/b11-8-,20-17-,27-25-,30-26-,38-35-,47-44-. The van der Waals surface area contributed by atoms with Crippen molar-refractivity contribution in [3.63, 3.8) is 0 Å². The third kappa shape index (κ3) is 50.0. The largest absolute Gasteiger partial charge is 0.461 e. The molecule has 0 saturated heterocycles. The normalized spacial score (nSPS) is 12.8. The van der Waals surface area contributed by atoms with Crippen molar-refractivity contribution in [1.82, 2.24) is 0 Å². The summed E-state index contributed by atoms with van der Waals surface area (Å²) in [5.41, 5.74) is 0. The minimum atomic E-state index is -0.577. The van der Waals surface area contributed by atoms with E-state index < -0.39 is 6.10 Å². The zero-order chi connectivity index (χ0) is 44.9. The van der Waals surface area contributed by atoms with Gasteiger partial charge in [-0.1, -0.05) is 241 Å². The third-order valence-corrected chi connectivity index (χ3v) is 11.3. The molecule has 0 aromatic rings. The molecule has 0 aliphatic rings. The summed E-state index contributed by atoms with van der Waals surface area (Å²) >= 11 is 0. The van der Waals surface area contributed by atoms with E-state index in [2.05, 4.69) is 81.5 Å². The van der Waals surface area contributed by atoms with Gasteiger partial charge >= 0.3 is 11.9 Å². The van der Waals surface area contributed by atoms with E-state index >= 15 is 0 Å². The van der Waals surface area contributed by atoms with E-state index in [9.17, 15) is 9.59 Å². The number of ether oxygens (including phenoxy) is 3. The Morgan fingerprint density at radius 3 is 1.23 bits per heavy atom. The van der Waals surface area contributed by atoms with Crippen LogP contribution in [0.5, 0.6) is 0 Å². The molecule has 1 unspecified atom stereocenters. The molecule has 0 radical (unpaired) electrons. The topological polar surface area (TPSA) is 61.8 Å². The molecule has 5 nitrogen and oxygen atoms in total. The van der Waals surface area contributed by atoms with Crippen molar-refractivity contribution in [1.29, 1.82) is 0 Å². The number of carbonyl (C=O) groups excluding carboxylic acids is 2. The van der Waals surface area contributed by atoms with Gasteiger partial charge < -0.3 is 14.2 Å². The van der Waals surface area contributed by atoms with Crippen LogP contribution in [0.1, 0.15) is 252 Å². The van der Waals surface area contributed by atoms with Crippen molar-refractivity contribution < 1.29 is 23.8 Å². The molecule has 5 heteroatoms. The average Bonchev–Trinajstić information content (AvgIpc) is 3.27. The lowest BCUT2D eigenvalue weighted by Gasteiger charge is -2.18. The number of esters is 2. The third-order valence-electron chi connectivity index (χ3n) is 11.3. The van der Waals surface area contributed by atoms with Crippen LogP contribution in [0.2, 0.25) is 0 Å². The van der Waals surface area contributed by atoms with Gasteiger partial charge in [0.15, 0.2) is 6.10 Å². The van der Waals surface area contributed by atoms with E-state index in [4.69, 9.17) is 14.2 Å². The monoisotopic (exact) mass is 865 g/mol. The Bertz CT molecular complexity index is 1110. The van der Waals surface area contributed by atoms with Gasteiger partial charge in [0.2, 0.25) is 0 Å². The van der Waals surface area contributed by atoms with Crippen LogP contribution in [0, 0.1) is 0 Å². The second kappa shape index (κ2) is 52.7. The molecule has 0 saturated carbocycles. The lowest BCUT2D eigenvalue weighted by molar-refractivity contribution is -0.162. The molecule has 0 aromatic heterocycles. The summed E-state index contributed by atoms with van der Waals surface area (Å²) in [6, 6.07) is 0. The van der Waals surface area contributed by atoms with Crippen LogP contribution in [0.15, 0.2) is 72.9 Å². The Labute approximate surface area is 385 Å². The number of carbonyl (C=O) groups is 2. The highest BCUT2D eigenvalue weighted by Gasteiger charge is 2.17. The fourth-order valence-electron chi connectivity index (χ4n) is 7.34. The van der Waals surface area contributed by atoms with Gasteiger partial charge in [-0.3, -0.25) is 9.59 Å². The molecule has 0 aromatic carbocycles. The van der Waals surface area contributed by atoms with Crippen LogP contribution < -0.4 is 0 Å². The van der Waals surface area contributed by atoms with Gasteiger partial charge in [0, 0.05) is 13.0 Å². The Kier molecular flexibility index (Phi) is 50.4. The van der Waals surface area contributed by atoms with Crippen LogP contribution in [-0.4, -0.2) is 37.9 Å².